The molecule has 218 valence electrons. The molecule has 1 aliphatic carbocycles. The summed E-state index contributed by atoms with van der Waals surface area (Å²) in [5.74, 6) is 0.232. The Hall–Kier alpha value is -4.34. The first-order valence-electron chi connectivity index (χ1n) is 13.9. The number of amides is 1. The van der Waals surface area contributed by atoms with Gasteiger partial charge in [-0.15, -0.1) is 11.3 Å². The van der Waals surface area contributed by atoms with Crippen LogP contribution in [0, 0.1) is 0 Å². The van der Waals surface area contributed by atoms with E-state index in [1.54, 1.807) is 12.1 Å². The molecule has 1 saturated heterocycles. The Labute approximate surface area is 242 Å². The zero-order valence-electron chi connectivity index (χ0n) is 22.7. The number of anilines is 2. The van der Waals surface area contributed by atoms with Crippen LogP contribution in [0.5, 0.6) is 0 Å². The van der Waals surface area contributed by atoms with Crippen LogP contribution in [0.15, 0.2) is 38.5 Å². The van der Waals surface area contributed by atoms with Gasteiger partial charge in [0.25, 0.3) is 5.91 Å². The van der Waals surface area contributed by atoms with Gasteiger partial charge < -0.3 is 35.4 Å². The van der Waals surface area contributed by atoms with Crippen molar-refractivity contribution in [2.45, 2.75) is 44.2 Å². The predicted octanol–water partition coefficient (Wildman–Crippen LogP) is 1.44. The Balaban J connectivity index is 1.23. The average molecular weight is 593 g/mol. The molecule has 14 nitrogen and oxygen atoms in total. The summed E-state index contributed by atoms with van der Waals surface area (Å²) in [5.41, 5.74) is 12.2. The molecule has 0 radical (unpaired) electrons. The average Bonchev–Trinajstić information content (AvgIpc) is 3.75. The smallest absolute Gasteiger partial charge is 0.254 e. The third kappa shape index (κ3) is 4.78. The first-order chi connectivity index (χ1) is 20.5. The molecule has 0 bridgehead atoms. The highest BCUT2D eigenvalue weighted by molar-refractivity contribution is 7.22. The minimum atomic E-state index is -0.667. The van der Waals surface area contributed by atoms with Gasteiger partial charge in [-0.3, -0.25) is 9.59 Å². The van der Waals surface area contributed by atoms with Crippen LogP contribution in [-0.2, 0) is 11.2 Å². The Morgan fingerprint density at radius 2 is 2.05 bits per heavy atom. The molecule has 6 N–H and O–H groups in total. The van der Waals surface area contributed by atoms with Crippen LogP contribution in [-0.4, -0.2) is 69.0 Å². The van der Waals surface area contributed by atoms with Crippen LogP contribution in [0.3, 0.4) is 0 Å². The predicted molar refractivity (Wildman–Crippen MR) is 154 cm³/mol. The van der Waals surface area contributed by atoms with Crippen molar-refractivity contribution in [2.75, 3.05) is 36.5 Å². The monoisotopic (exact) mass is 592 g/mol. The number of carbonyl (C=O) groups excluding carboxylic acids is 1. The van der Waals surface area contributed by atoms with Crippen LogP contribution >= 0.6 is 11.3 Å². The number of furan rings is 1. The van der Waals surface area contributed by atoms with Gasteiger partial charge in [0.1, 0.15) is 24.2 Å². The number of rotatable bonds is 7. The largest absolute Gasteiger partial charge is 0.459 e. The van der Waals surface area contributed by atoms with E-state index < -0.39 is 5.91 Å². The summed E-state index contributed by atoms with van der Waals surface area (Å²) in [6.07, 6.45) is 7.27. The van der Waals surface area contributed by atoms with E-state index >= 15 is 0 Å². The highest BCUT2D eigenvalue weighted by Crippen LogP contribution is 2.36. The number of morpholine rings is 1. The van der Waals surface area contributed by atoms with Gasteiger partial charge in [-0.2, -0.15) is 9.61 Å². The van der Waals surface area contributed by atoms with E-state index in [-0.39, 0.29) is 35.1 Å². The Morgan fingerprint density at radius 3 is 2.86 bits per heavy atom. The minimum absolute atomic E-state index is 0.119. The van der Waals surface area contributed by atoms with Crippen molar-refractivity contribution < 1.29 is 24.2 Å². The van der Waals surface area contributed by atoms with Crippen molar-refractivity contribution >= 4 is 44.1 Å². The molecular formula is C27H30N9O5S+. The lowest BCUT2D eigenvalue weighted by atomic mass is 9.91. The van der Waals surface area contributed by atoms with Crippen molar-refractivity contribution in [1.82, 2.24) is 24.7 Å². The maximum absolute atomic E-state index is 12.8. The van der Waals surface area contributed by atoms with Crippen molar-refractivity contribution in [3.05, 3.63) is 51.9 Å². The number of nitrogens with one attached hydrogen (secondary N) is 1. The summed E-state index contributed by atoms with van der Waals surface area (Å²) in [6, 6.07) is 3.70. The first-order valence-corrected chi connectivity index (χ1v) is 14.7. The van der Waals surface area contributed by atoms with Crippen molar-refractivity contribution in [1.29, 1.82) is 0 Å². The minimum Gasteiger partial charge on any atom is -0.459 e. The third-order valence-corrected chi connectivity index (χ3v) is 9.09. The Kier molecular flexibility index (Phi) is 6.84. The number of ether oxygens (including phenoxy) is 1. The second kappa shape index (κ2) is 10.8. The number of primary amides is 1. The summed E-state index contributed by atoms with van der Waals surface area (Å²) in [5, 5.41) is 12.9. The lowest BCUT2D eigenvalue weighted by molar-refractivity contribution is -0.427. The highest BCUT2D eigenvalue weighted by Gasteiger charge is 2.28. The molecule has 2 atom stereocenters. The molecule has 42 heavy (non-hydrogen) atoms. The SMILES string of the molecule is NC(=O)c1c(Cc2cc(-c3coc4c(=O)cc(N5CCOCC5)sc34)on2)nc(N[C@H]2CCCC[C@H]2[NH3+])n2ncnc12. The Morgan fingerprint density at radius 1 is 1.21 bits per heavy atom. The van der Waals surface area contributed by atoms with Gasteiger partial charge in [-0.1, -0.05) is 11.6 Å². The number of quaternary nitrogens is 1. The fourth-order valence-corrected chi connectivity index (χ4v) is 6.88. The van der Waals surface area contributed by atoms with E-state index in [1.165, 1.54) is 28.4 Å². The van der Waals surface area contributed by atoms with Gasteiger partial charge >= 0.3 is 0 Å². The van der Waals surface area contributed by atoms with Gasteiger partial charge in [0.15, 0.2) is 17.0 Å². The van der Waals surface area contributed by atoms with Crippen molar-refractivity contribution in [3.63, 3.8) is 0 Å². The van der Waals surface area contributed by atoms with Crippen molar-refractivity contribution in [2.24, 2.45) is 5.73 Å². The Bertz CT molecular complexity index is 1840. The summed E-state index contributed by atoms with van der Waals surface area (Å²) in [4.78, 5) is 36.7. The second-order valence-corrected chi connectivity index (χ2v) is 11.7. The maximum Gasteiger partial charge on any atom is 0.254 e. The van der Waals surface area contributed by atoms with Gasteiger partial charge in [-0.25, -0.2) is 9.97 Å². The molecule has 5 aromatic heterocycles. The number of nitrogens with two attached hydrogens (primary N) is 1. The molecule has 0 spiro atoms. The fourth-order valence-electron chi connectivity index (χ4n) is 5.70. The van der Waals surface area contributed by atoms with E-state index in [0.29, 0.717) is 65.3 Å². The van der Waals surface area contributed by atoms with Gasteiger partial charge in [0, 0.05) is 38.1 Å². The molecule has 15 heteroatoms. The molecule has 2 fully saturated rings. The zero-order valence-corrected chi connectivity index (χ0v) is 23.6. The van der Waals surface area contributed by atoms with Crippen LogP contribution in [0.1, 0.15) is 47.4 Å². The molecule has 1 aliphatic heterocycles. The van der Waals surface area contributed by atoms with Crippen LogP contribution in [0.2, 0.25) is 0 Å². The summed E-state index contributed by atoms with van der Waals surface area (Å²) in [6.45, 7) is 2.64. The standard InChI is InChI=1S/C27H29N9O5S/c28-16-3-1-2-4-17(16)32-27-33-18(22(25(29)38)26-30-13-31-36(26)27)9-14-10-20(41-34-14)15-12-40-23-19(37)11-21(42-24(15)23)35-5-7-39-8-6-35/h10-13,16-17H,1-9,28H2,(H2,29,38)(H,32,33)/p+1/t16-,17+/m1/s1. The van der Waals surface area contributed by atoms with Gasteiger partial charge in [0.05, 0.1) is 45.9 Å². The number of fused-ring (bicyclic) bond motifs is 2. The van der Waals surface area contributed by atoms with Gasteiger partial charge in [-0.05, 0) is 12.8 Å². The highest BCUT2D eigenvalue weighted by atomic mass is 32.1. The van der Waals surface area contributed by atoms with Crippen LogP contribution in [0.4, 0.5) is 10.9 Å². The van der Waals surface area contributed by atoms with E-state index in [9.17, 15) is 9.59 Å². The van der Waals surface area contributed by atoms with Crippen LogP contribution in [0.25, 0.3) is 27.3 Å². The lowest BCUT2D eigenvalue weighted by Crippen LogP contribution is -2.68. The topological polar surface area (TPSA) is 195 Å². The summed E-state index contributed by atoms with van der Waals surface area (Å²) >= 11 is 1.46. The van der Waals surface area contributed by atoms with Crippen molar-refractivity contribution in [3.8, 4) is 11.3 Å². The van der Waals surface area contributed by atoms with E-state index in [0.717, 1.165) is 30.7 Å². The molecular weight excluding hydrogens is 562 g/mol. The molecule has 5 aromatic rings. The number of hydrogen-bond acceptors (Lipinski definition) is 12. The summed E-state index contributed by atoms with van der Waals surface area (Å²) in [7, 11) is 0. The van der Waals surface area contributed by atoms with Gasteiger partial charge in [0.2, 0.25) is 11.4 Å². The molecule has 1 amide bonds. The van der Waals surface area contributed by atoms with E-state index in [1.807, 2.05) is 0 Å². The molecule has 7 rings (SSSR count). The molecule has 0 aromatic carbocycles. The lowest BCUT2D eigenvalue weighted by Gasteiger charge is -2.27. The second-order valence-electron chi connectivity index (χ2n) is 10.6. The van der Waals surface area contributed by atoms with E-state index in [4.69, 9.17) is 24.4 Å². The quantitative estimate of drug-likeness (QED) is 0.247. The normalized spacial score (nSPS) is 19.5. The van der Waals surface area contributed by atoms with Crippen LogP contribution < -0.4 is 27.1 Å². The first kappa shape index (κ1) is 26.6. The maximum atomic E-state index is 12.8. The van der Waals surface area contributed by atoms with E-state index in [2.05, 4.69) is 31.2 Å². The molecule has 2 aliphatic rings. The molecule has 1 saturated carbocycles. The number of nitrogens with zero attached hydrogens (tertiary/aromatic N) is 6. The number of aromatic nitrogens is 5. The number of hydrogen-bond donors (Lipinski definition) is 3. The molecule has 6 heterocycles. The summed E-state index contributed by atoms with van der Waals surface area (Å²) < 4.78 is 19.0. The third-order valence-electron chi connectivity index (χ3n) is 7.90. The number of carbonyl (C=O) groups is 1. The fraction of sp³-hybridized carbons (Fsp3) is 0.407. The molecule has 0 unspecified atom stereocenters. The zero-order chi connectivity index (χ0) is 28.8.